The molecule has 1 rings (SSSR count). The minimum atomic E-state index is -3.11. The molecule has 0 aliphatic heterocycles. The van der Waals surface area contributed by atoms with Crippen molar-refractivity contribution in [3.05, 3.63) is 29.3 Å². The van der Waals surface area contributed by atoms with Gasteiger partial charge in [-0.05, 0) is 44.0 Å². The third-order valence-electron chi connectivity index (χ3n) is 3.62. The van der Waals surface area contributed by atoms with E-state index in [1.165, 1.54) is 0 Å². The molecule has 0 aromatic heterocycles. The molecule has 120 valence electrons. The summed E-state index contributed by atoms with van der Waals surface area (Å²) in [5, 5.41) is 3.16. The SMILES string of the molecule is CNC(C)c1ccc(OC)c(CS(=O)(=O)CCC(C)C)c1. The summed E-state index contributed by atoms with van der Waals surface area (Å²) in [5.41, 5.74) is 1.80. The lowest BCUT2D eigenvalue weighted by Gasteiger charge is -2.15. The average molecular weight is 313 g/mol. The molecule has 0 radical (unpaired) electrons. The first-order valence-corrected chi connectivity index (χ1v) is 9.15. The maximum Gasteiger partial charge on any atom is 0.154 e. The molecule has 4 nitrogen and oxygen atoms in total. The Hall–Kier alpha value is -1.07. The van der Waals surface area contributed by atoms with Gasteiger partial charge in [-0.3, -0.25) is 0 Å². The summed E-state index contributed by atoms with van der Waals surface area (Å²) >= 11 is 0. The van der Waals surface area contributed by atoms with Crippen LogP contribution in [0.5, 0.6) is 5.75 Å². The molecule has 0 fully saturated rings. The first-order chi connectivity index (χ1) is 9.79. The maximum absolute atomic E-state index is 12.3. The first-order valence-electron chi connectivity index (χ1n) is 7.33. The van der Waals surface area contributed by atoms with E-state index in [2.05, 4.69) is 5.32 Å². The van der Waals surface area contributed by atoms with Crippen LogP contribution in [0.3, 0.4) is 0 Å². The number of ether oxygens (including phenoxy) is 1. The van der Waals surface area contributed by atoms with Crippen molar-refractivity contribution in [3.63, 3.8) is 0 Å². The lowest BCUT2D eigenvalue weighted by atomic mass is 10.1. The van der Waals surface area contributed by atoms with E-state index >= 15 is 0 Å². The molecule has 5 heteroatoms. The van der Waals surface area contributed by atoms with Gasteiger partial charge in [0.05, 0.1) is 18.6 Å². The number of sulfone groups is 1. The van der Waals surface area contributed by atoms with Gasteiger partial charge < -0.3 is 10.1 Å². The Labute approximate surface area is 128 Å². The van der Waals surface area contributed by atoms with E-state index in [1.807, 2.05) is 46.0 Å². The highest BCUT2D eigenvalue weighted by atomic mass is 32.2. The molecule has 21 heavy (non-hydrogen) atoms. The zero-order valence-corrected chi connectivity index (χ0v) is 14.5. The van der Waals surface area contributed by atoms with Crippen LogP contribution >= 0.6 is 0 Å². The van der Waals surface area contributed by atoms with Gasteiger partial charge in [0.15, 0.2) is 9.84 Å². The van der Waals surface area contributed by atoms with Gasteiger partial charge in [0.2, 0.25) is 0 Å². The molecule has 1 unspecified atom stereocenters. The summed E-state index contributed by atoms with van der Waals surface area (Å²) < 4.78 is 29.8. The predicted molar refractivity (Wildman–Crippen MR) is 87.4 cm³/mol. The van der Waals surface area contributed by atoms with Crippen molar-refractivity contribution in [3.8, 4) is 5.75 Å². The van der Waals surface area contributed by atoms with E-state index in [-0.39, 0.29) is 17.5 Å². The van der Waals surface area contributed by atoms with Crippen molar-refractivity contribution in [1.82, 2.24) is 5.32 Å². The fourth-order valence-electron chi connectivity index (χ4n) is 2.07. The Kier molecular flexibility index (Phi) is 6.68. The van der Waals surface area contributed by atoms with Gasteiger partial charge in [-0.2, -0.15) is 0 Å². The van der Waals surface area contributed by atoms with E-state index in [1.54, 1.807) is 7.11 Å². The highest BCUT2D eigenvalue weighted by Crippen LogP contribution is 2.25. The Morgan fingerprint density at radius 1 is 1.24 bits per heavy atom. The monoisotopic (exact) mass is 313 g/mol. The van der Waals surface area contributed by atoms with Gasteiger partial charge >= 0.3 is 0 Å². The molecule has 0 amide bonds. The molecule has 0 aliphatic carbocycles. The Morgan fingerprint density at radius 2 is 1.90 bits per heavy atom. The van der Waals surface area contributed by atoms with Crippen molar-refractivity contribution in [1.29, 1.82) is 0 Å². The zero-order valence-electron chi connectivity index (χ0n) is 13.6. The van der Waals surface area contributed by atoms with Crippen LogP contribution in [-0.4, -0.2) is 28.3 Å². The van der Waals surface area contributed by atoms with Gasteiger partial charge in [0.1, 0.15) is 5.75 Å². The molecule has 0 aliphatic rings. The molecule has 1 atom stereocenters. The van der Waals surface area contributed by atoms with Crippen molar-refractivity contribution in [2.24, 2.45) is 5.92 Å². The molecule has 0 heterocycles. The number of nitrogens with one attached hydrogen (secondary N) is 1. The van der Waals surface area contributed by atoms with Gasteiger partial charge in [0.25, 0.3) is 0 Å². The van der Waals surface area contributed by atoms with Crippen LogP contribution in [0.2, 0.25) is 0 Å². The Morgan fingerprint density at radius 3 is 2.43 bits per heavy atom. The lowest BCUT2D eigenvalue weighted by Crippen LogP contribution is -2.15. The van der Waals surface area contributed by atoms with E-state index in [0.29, 0.717) is 18.1 Å². The molecule has 1 N–H and O–H groups in total. The second-order valence-electron chi connectivity index (χ2n) is 5.86. The van der Waals surface area contributed by atoms with Gasteiger partial charge in [-0.25, -0.2) is 8.42 Å². The molecule has 1 aromatic rings. The van der Waals surface area contributed by atoms with E-state index in [0.717, 1.165) is 11.1 Å². The Balaban J connectivity index is 2.99. The van der Waals surface area contributed by atoms with Crippen molar-refractivity contribution < 1.29 is 13.2 Å². The maximum atomic E-state index is 12.3. The number of rotatable bonds is 8. The number of methoxy groups -OCH3 is 1. The normalized spacial score (nSPS) is 13.4. The molecule has 0 saturated heterocycles. The first kappa shape index (κ1) is 18.0. The fourth-order valence-corrected chi connectivity index (χ4v) is 3.75. The average Bonchev–Trinajstić information content (AvgIpc) is 2.44. The topological polar surface area (TPSA) is 55.4 Å². The largest absolute Gasteiger partial charge is 0.496 e. The van der Waals surface area contributed by atoms with Crippen LogP contribution in [0.4, 0.5) is 0 Å². The summed E-state index contributed by atoms with van der Waals surface area (Å²) in [7, 11) is 0.341. The second-order valence-corrected chi connectivity index (χ2v) is 8.04. The predicted octanol–water partition coefficient (Wildman–Crippen LogP) is 2.94. The van der Waals surface area contributed by atoms with E-state index in [9.17, 15) is 8.42 Å². The minimum absolute atomic E-state index is 0.0349. The van der Waals surface area contributed by atoms with Crippen LogP contribution in [0.25, 0.3) is 0 Å². The molecule has 0 bridgehead atoms. The van der Waals surface area contributed by atoms with Crippen molar-refractivity contribution in [2.75, 3.05) is 19.9 Å². The van der Waals surface area contributed by atoms with Crippen LogP contribution in [-0.2, 0) is 15.6 Å². The second kappa shape index (κ2) is 7.80. The minimum Gasteiger partial charge on any atom is -0.496 e. The van der Waals surface area contributed by atoms with Crippen LogP contribution in [0.15, 0.2) is 18.2 Å². The zero-order chi connectivity index (χ0) is 16.0. The fraction of sp³-hybridized carbons (Fsp3) is 0.625. The molecule has 0 saturated carbocycles. The summed E-state index contributed by atoms with van der Waals surface area (Å²) in [6, 6.07) is 5.90. The molecule has 0 spiro atoms. The molecular weight excluding hydrogens is 286 g/mol. The van der Waals surface area contributed by atoms with Crippen molar-refractivity contribution in [2.45, 2.75) is 39.0 Å². The van der Waals surface area contributed by atoms with Gasteiger partial charge in [-0.15, -0.1) is 0 Å². The third kappa shape index (κ3) is 5.67. The summed E-state index contributed by atoms with van der Waals surface area (Å²) in [4.78, 5) is 0. The standard InChI is InChI=1S/C16H27NO3S/c1-12(2)8-9-21(18,19)11-15-10-14(13(3)17-4)6-7-16(15)20-5/h6-7,10,12-13,17H,8-9,11H2,1-5H3. The lowest BCUT2D eigenvalue weighted by molar-refractivity contribution is 0.410. The smallest absolute Gasteiger partial charge is 0.154 e. The molecular formula is C16H27NO3S. The summed E-state index contributed by atoms with van der Waals surface area (Å²) in [6.45, 7) is 6.11. The summed E-state index contributed by atoms with van der Waals surface area (Å²) in [6.07, 6.45) is 0.692. The van der Waals surface area contributed by atoms with Crippen LogP contribution in [0.1, 0.15) is 44.4 Å². The molecule has 1 aromatic carbocycles. The Bertz CT molecular complexity index is 553. The van der Waals surface area contributed by atoms with E-state index in [4.69, 9.17) is 4.74 Å². The van der Waals surface area contributed by atoms with Crippen LogP contribution < -0.4 is 10.1 Å². The number of benzene rings is 1. The van der Waals surface area contributed by atoms with Crippen molar-refractivity contribution >= 4 is 9.84 Å². The summed E-state index contributed by atoms with van der Waals surface area (Å²) in [5.74, 6) is 1.28. The van der Waals surface area contributed by atoms with Gasteiger partial charge in [-0.1, -0.05) is 19.9 Å². The van der Waals surface area contributed by atoms with Crippen LogP contribution in [0, 0.1) is 5.92 Å². The highest BCUT2D eigenvalue weighted by molar-refractivity contribution is 7.90. The quantitative estimate of drug-likeness (QED) is 0.802. The van der Waals surface area contributed by atoms with E-state index < -0.39 is 9.84 Å². The highest BCUT2D eigenvalue weighted by Gasteiger charge is 2.17. The third-order valence-corrected chi connectivity index (χ3v) is 5.23. The number of hydrogen-bond acceptors (Lipinski definition) is 4. The van der Waals surface area contributed by atoms with Gasteiger partial charge in [0, 0.05) is 11.6 Å². The number of hydrogen-bond donors (Lipinski definition) is 1.